The number of ether oxygens (including phenoxy) is 2. The quantitative estimate of drug-likeness (QED) is 0.256. The molecule has 38 heavy (non-hydrogen) atoms. The van der Waals surface area contributed by atoms with Gasteiger partial charge in [0.1, 0.15) is 36.1 Å². The van der Waals surface area contributed by atoms with Crippen molar-refractivity contribution in [3.05, 3.63) is 78.4 Å². The molecule has 2 amide bonds. The summed E-state index contributed by atoms with van der Waals surface area (Å²) in [6.07, 6.45) is 2.25. The lowest BCUT2D eigenvalue weighted by Crippen LogP contribution is -2.19. The summed E-state index contributed by atoms with van der Waals surface area (Å²) in [6.45, 7) is 1.99. The Morgan fingerprint density at radius 2 is 1.79 bits per heavy atom. The van der Waals surface area contributed by atoms with Crippen molar-refractivity contribution in [3.8, 4) is 11.5 Å². The van der Waals surface area contributed by atoms with Gasteiger partial charge in [-0.1, -0.05) is 18.2 Å². The topological polar surface area (TPSA) is 101 Å². The highest BCUT2D eigenvalue weighted by Crippen LogP contribution is 2.34. The van der Waals surface area contributed by atoms with Crippen LogP contribution in [0.5, 0.6) is 11.5 Å². The first-order valence-corrected chi connectivity index (χ1v) is 12.2. The maximum Gasteiger partial charge on any atom is 0.323 e. The van der Waals surface area contributed by atoms with Gasteiger partial charge in [0.25, 0.3) is 0 Å². The van der Waals surface area contributed by atoms with Crippen LogP contribution < -0.4 is 25.4 Å². The number of anilines is 3. The van der Waals surface area contributed by atoms with Crippen LogP contribution in [-0.4, -0.2) is 61.8 Å². The first-order chi connectivity index (χ1) is 18.4. The summed E-state index contributed by atoms with van der Waals surface area (Å²) in [5.41, 5.74) is 2.82. The van der Waals surface area contributed by atoms with E-state index in [1.54, 1.807) is 13.2 Å². The SMILES string of the molecule is COc1cc(OCCN(C)C)cc2ncnc(NCCc3ccc(NC(=O)Nc4cccc(F)c4)cc3)c12. The highest BCUT2D eigenvalue weighted by molar-refractivity contribution is 5.99. The number of nitrogens with one attached hydrogen (secondary N) is 3. The van der Waals surface area contributed by atoms with Crippen LogP contribution in [0.4, 0.5) is 26.4 Å². The van der Waals surface area contributed by atoms with E-state index in [0.717, 1.165) is 29.4 Å². The zero-order chi connectivity index (χ0) is 26.9. The summed E-state index contributed by atoms with van der Waals surface area (Å²) in [4.78, 5) is 23.1. The Morgan fingerprint density at radius 3 is 2.53 bits per heavy atom. The van der Waals surface area contributed by atoms with E-state index in [1.807, 2.05) is 50.5 Å². The molecule has 4 rings (SSSR count). The molecule has 0 aliphatic carbocycles. The number of rotatable bonds is 11. The van der Waals surface area contributed by atoms with Gasteiger partial charge in [0.2, 0.25) is 0 Å². The lowest BCUT2D eigenvalue weighted by atomic mass is 10.1. The Kier molecular flexibility index (Phi) is 8.89. The Labute approximate surface area is 221 Å². The maximum atomic E-state index is 13.3. The Morgan fingerprint density at radius 1 is 1.00 bits per heavy atom. The Hall–Kier alpha value is -4.44. The molecule has 3 N–H and O–H groups in total. The maximum absolute atomic E-state index is 13.3. The average molecular weight is 519 g/mol. The second-order valence-corrected chi connectivity index (χ2v) is 8.86. The van der Waals surface area contributed by atoms with Crippen molar-refractivity contribution >= 4 is 34.1 Å². The van der Waals surface area contributed by atoms with Crippen LogP contribution >= 0.6 is 0 Å². The highest BCUT2D eigenvalue weighted by Gasteiger charge is 2.13. The number of carbonyl (C=O) groups excluding carboxylic acids is 1. The molecule has 4 aromatic rings. The van der Waals surface area contributed by atoms with E-state index in [-0.39, 0.29) is 0 Å². The summed E-state index contributed by atoms with van der Waals surface area (Å²) in [6, 6.07) is 16.5. The van der Waals surface area contributed by atoms with Gasteiger partial charge in [-0.15, -0.1) is 0 Å². The Balaban J connectivity index is 1.34. The lowest BCUT2D eigenvalue weighted by Gasteiger charge is -2.15. The molecule has 10 heteroatoms. The van der Waals surface area contributed by atoms with Gasteiger partial charge in [0.15, 0.2) is 0 Å². The third-order valence-electron chi connectivity index (χ3n) is 5.70. The molecule has 0 saturated heterocycles. The van der Waals surface area contributed by atoms with Crippen molar-refractivity contribution in [2.45, 2.75) is 6.42 Å². The molecule has 0 atom stereocenters. The molecule has 1 heterocycles. The summed E-state index contributed by atoms with van der Waals surface area (Å²) in [7, 11) is 5.61. The third kappa shape index (κ3) is 7.30. The summed E-state index contributed by atoms with van der Waals surface area (Å²) in [5, 5.41) is 9.52. The second kappa shape index (κ2) is 12.7. The van der Waals surface area contributed by atoms with Crippen LogP contribution in [-0.2, 0) is 6.42 Å². The van der Waals surface area contributed by atoms with Crippen LogP contribution in [0, 0.1) is 5.82 Å². The van der Waals surface area contributed by atoms with Gasteiger partial charge in [-0.3, -0.25) is 0 Å². The minimum atomic E-state index is -0.444. The average Bonchev–Trinajstić information content (AvgIpc) is 2.89. The highest BCUT2D eigenvalue weighted by atomic mass is 19.1. The zero-order valence-electron chi connectivity index (χ0n) is 21.6. The fraction of sp³-hybridized carbons (Fsp3) is 0.250. The number of benzene rings is 3. The van der Waals surface area contributed by atoms with Gasteiger partial charge in [-0.05, 0) is 56.4 Å². The van der Waals surface area contributed by atoms with Crippen LogP contribution in [0.1, 0.15) is 5.56 Å². The number of fused-ring (bicyclic) bond motifs is 1. The van der Waals surface area contributed by atoms with Crippen molar-refractivity contribution < 1.29 is 18.7 Å². The normalized spacial score (nSPS) is 10.9. The van der Waals surface area contributed by atoms with Gasteiger partial charge in [-0.2, -0.15) is 0 Å². The van der Waals surface area contributed by atoms with E-state index in [1.165, 1.54) is 24.5 Å². The van der Waals surface area contributed by atoms with E-state index in [9.17, 15) is 9.18 Å². The molecule has 0 unspecified atom stereocenters. The van der Waals surface area contributed by atoms with E-state index < -0.39 is 11.8 Å². The van der Waals surface area contributed by atoms with E-state index in [0.29, 0.717) is 41.8 Å². The number of likely N-dealkylation sites (N-methyl/N-ethyl adjacent to an activating group) is 1. The summed E-state index contributed by atoms with van der Waals surface area (Å²) in [5.74, 6) is 1.60. The van der Waals surface area contributed by atoms with Gasteiger partial charge >= 0.3 is 6.03 Å². The molecule has 0 aliphatic rings. The number of amides is 2. The minimum Gasteiger partial charge on any atom is -0.496 e. The smallest absolute Gasteiger partial charge is 0.323 e. The molecule has 9 nitrogen and oxygen atoms in total. The van der Waals surface area contributed by atoms with Gasteiger partial charge in [0, 0.05) is 36.6 Å². The molecule has 198 valence electrons. The second-order valence-electron chi connectivity index (χ2n) is 8.86. The van der Waals surface area contributed by atoms with Crippen LogP contribution in [0.15, 0.2) is 67.0 Å². The zero-order valence-corrected chi connectivity index (χ0v) is 21.6. The van der Waals surface area contributed by atoms with Gasteiger partial charge in [0.05, 0.1) is 18.0 Å². The van der Waals surface area contributed by atoms with Crippen molar-refractivity contribution in [1.82, 2.24) is 14.9 Å². The fourth-order valence-corrected chi connectivity index (χ4v) is 3.79. The van der Waals surface area contributed by atoms with Crippen LogP contribution in [0.2, 0.25) is 0 Å². The number of urea groups is 1. The fourth-order valence-electron chi connectivity index (χ4n) is 3.79. The first kappa shape index (κ1) is 26.6. The molecular weight excluding hydrogens is 487 g/mol. The molecule has 0 fully saturated rings. The number of nitrogens with zero attached hydrogens (tertiary/aromatic N) is 3. The molecule has 0 aliphatic heterocycles. The first-order valence-electron chi connectivity index (χ1n) is 12.2. The Bertz CT molecular complexity index is 1380. The van der Waals surface area contributed by atoms with Crippen molar-refractivity contribution in [2.75, 3.05) is 56.9 Å². The molecule has 0 bridgehead atoms. The predicted octanol–water partition coefficient (Wildman–Crippen LogP) is 5.02. The van der Waals surface area contributed by atoms with Crippen molar-refractivity contribution in [2.24, 2.45) is 0 Å². The van der Waals surface area contributed by atoms with E-state index in [2.05, 4.69) is 30.8 Å². The molecule has 0 radical (unpaired) electrons. The van der Waals surface area contributed by atoms with E-state index in [4.69, 9.17) is 9.47 Å². The van der Waals surface area contributed by atoms with Gasteiger partial charge < -0.3 is 30.3 Å². The van der Waals surface area contributed by atoms with Crippen molar-refractivity contribution in [3.63, 3.8) is 0 Å². The van der Waals surface area contributed by atoms with Crippen molar-refractivity contribution in [1.29, 1.82) is 0 Å². The van der Waals surface area contributed by atoms with E-state index >= 15 is 0 Å². The third-order valence-corrected chi connectivity index (χ3v) is 5.70. The summed E-state index contributed by atoms with van der Waals surface area (Å²) >= 11 is 0. The molecule has 3 aromatic carbocycles. The number of methoxy groups -OCH3 is 1. The van der Waals surface area contributed by atoms with Gasteiger partial charge in [-0.25, -0.2) is 19.2 Å². The molecule has 0 saturated carbocycles. The van der Waals surface area contributed by atoms with Crippen LogP contribution in [0.3, 0.4) is 0 Å². The number of aromatic nitrogens is 2. The molecular formula is C28H31FN6O3. The predicted molar refractivity (Wildman–Crippen MR) is 148 cm³/mol. The van der Waals surface area contributed by atoms with Crippen LogP contribution in [0.25, 0.3) is 10.9 Å². The monoisotopic (exact) mass is 518 g/mol. The largest absolute Gasteiger partial charge is 0.496 e. The lowest BCUT2D eigenvalue weighted by molar-refractivity contribution is 0.260. The molecule has 1 aromatic heterocycles. The number of carbonyl (C=O) groups is 1. The molecule has 0 spiro atoms. The number of hydrogen-bond donors (Lipinski definition) is 3. The standard InChI is InChI=1S/C28H31FN6O3/c1-35(2)13-14-38-23-16-24-26(25(17-23)37-3)27(32-18-31-24)30-12-11-19-7-9-21(10-8-19)33-28(36)34-22-6-4-5-20(29)15-22/h4-10,15-18H,11-14H2,1-3H3,(H,30,31,32)(H2,33,34,36). The summed E-state index contributed by atoms with van der Waals surface area (Å²) < 4.78 is 24.8. The number of hydrogen-bond acceptors (Lipinski definition) is 7. The minimum absolute atomic E-state index is 0.382. The number of halogens is 1.